The van der Waals surface area contributed by atoms with E-state index in [0.29, 0.717) is 6.54 Å². The van der Waals surface area contributed by atoms with E-state index >= 15 is 0 Å². The van der Waals surface area contributed by atoms with Crippen LogP contribution in [0, 0.1) is 10.1 Å². The zero-order valence-electron chi connectivity index (χ0n) is 16.9. The van der Waals surface area contributed by atoms with E-state index in [9.17, 15) is 14.9 Å². The number of thioether (sulfide) groups is 1. The van der Waals surface area contributed by atoms with Crippen molar-refractivity contribution >= 4 is 34.3 Å². The summed E-state index contributed by atoms with van der Waals surface area (Å²) >= 11 is 1.43. The number of carbonyl (C=O) groups excluding carboxylic acids is 1. The maximum Gasteiger partial charge on any atom is 0.282 e. The van der Waals surface area contributed by atoms with Crippen LogP contribution in [0.2, 0.25) is 0 Å². The molecule has 0 radical (unpaired) electrons. The number of nitrogens with one attached hydrogen (secondary N) is 2. The molecule has 0 aliphatic carbocycles. The lowest BCUT2D eigenvalue weighted by atomic mass is 9.91. The Morgan fingerprint density at radius 3 is 2.58 bits per heavy atom. The molecular weight excluding hydrogens is 410 g/mol. The molecule has 0 aliphatic rings. The highest BCUT2D eigenvalue weighted by Crippen LogP contribution is 2.31. The Balaban J connectivity index is 1.66. The monoisotopic (exact) mass is 431 g/mol. The van der Waals surface area contributed by atoms with Gasteiger partial charge in [0.25, 0.3) is 11.6 Å². The van der Waals surface area contributed by atoms with E-state index in [-0.39, 0.29) is 17.2 Å². The van der Waals surface area contributed by atoms with Gasteiger partial charge in [0.2, 0.25) is 0 Å². The number of benzene rings is 3. The second-order valence-corrected chi connectivity index (χ2v) is 7.98. The smallest absolute Gasteiger partial charge is 0.282 e. The van der Waals surface area contributed by atoms with Crippen LogP contribution < -0.4 is 5.32 Å². The average molecular weight is 432 g/mol. The molecular formula is C24H21N3O3S. The van der Waals surface area contributed by atoms with Crippen LogP contribution in [0.15, 0.2) is 83.9 Å². The van der Waals surface area contributed by atoms with Gasteiger partial charge < -0.3 is 10.3 Å². The molecule has 2 N–H and O–H groups in total. The summed E-state index contributed by atoms with van der Waals surface area (Å²) in [5.74, 6) is -0.563. The van der Waals surface area contributed by atoms with Crippen LogP contribution in [0.1, 0.15) is 27.4 Å². The third-order valence-electron chi connectivity index (χ3n) is 5.31. The molecule has 0 saturated carbocycles. The van der Waals surface area contributed by atoms with Gasteiger partial charge in [-0.1, -0.05) is 48.5 Å². The molecule has 1 unspecified atom stereocenters. The molecule has 1 atom stereocenters. The molecule has 0 aliphatic heterocycles. The van der Waals surface area contributed by atoms with Gasteiger partial charge in [0.15, 0.2) is 0 Å². The molecule has 0 saturated heterocycles. The Hall–Kier alpha value is -3.58. The molecule has 1 heterocycles. The van der Waals surface area contributed by atoms with Crippen LogP contribution in [0.25, 0.3) is 10.9 Å². The van der Waals surface area contributed by atoms with Gasteiger partial charge in [-0.3, -0.25) is 14.9 Å². The van der Waals surface area contributed by atoms with Gasteiger partial charge in [0.05, 0.1) is 4.92 Å². The summed E-state index contributed by atoms with van der Waals surface area (Å²) in [7, 11) is 0. The first kappa shape index (κ1) is 20.7. The van der Waals surface area contributed by atoms with Gasteiger partial charge in [0.1, 0.15) is 5.56 Å². The molecule has 7 heteroatoms. The van der Waals surface area contributed by atoms with Crippen molar-refractivity contribution in [3.05, 3.63) is 106 Å². The van der Waals surface area contributed by atoms with Gasteiger partial charge in [-0.15, -0.1) is 11.8 Å². The number of hydrogen-bond acceptors (Lipinski definition) is 4. The minimum absolute atomic E-state index is 0.0718. The fourth-order valence-electron chi connectivity index (χ4n) is 3.75. The van der Waals surface area contributed by atoms with Gasteiger partial charge in [-0.25, -0.2) is 0 Å². The van der Waals surface area contributed by atoms with Crippen LogP contribution in [0.3, 0.4) is 0 Å². The van der Waals surface area contributed by atoms with E-state index in [1.807, 2.05) is 67.0 Å². The molecule has 0 bridgehead atoms. The van der Waals surface area contributed by atoms with E-state index in [1.54, 1.807) is 12.1 Å². The number of nitro benzene ring substituents is 1. The topological polar surface area (TPSA) is 88.0 Å². The zero-order chi connectivity index (χ0) is 21.8. The minimum atomic E-state index is -0.520. The fourth-order valence-corrected chi connectivity index (χ4v) is 4.19. The van der Waals surface area contributed by atoms with Crippen molar-refractivity contribution < 1.29 is 9.72 Å². The summed E-state index contributed by atoms with van der Waals surface area (Å²) in [6.45, 7) is 0.311. The maximum atomic E-state index is 13.0. The van der Waals surface area contributed by atoms with Crippen molar-refractivity contribution in [2.75, 3.05) is 12.8 Å². The molecule has 4 aromatic rings. The number of aromatic nitrogens is 1. The van der Waals surface area contributed by atoms with Gasteiger partial charge in [0, 0.05) is 40.5 Å². The minimum Gasteiger partial charge on any atom is -0.361 e. The lowest BCUT2D eigenvalue weighted by Gasteiger charge is -2.18. The highest BCUT2D eigenvalue weighted by atomic mass is 32.2. The molecule has 31 heavy (non-hydrogen) atoms. The van der Waals surface area contributed by atoms with Crippen molar-refractivity contribution in [2.45, 2.75) is 10.8 Å². The normalized spacial score (nSPS) is 11.9. The van der Waals surface area contributed by atoms with Crippen molar-refractivity contribution in [1.82, 2.24) is 10.3 Å². The number of carbonyl (C=O) groups is 1. The number of hydrogen-bond donors (Lipinski definition) is 2. The number of aromatic amines is 1. The second-order valence-electron chi connectivity index (χ2n) is 7.10. The molecule has 1 amide bonds. The number of fused-ring (bicyclic) bond motifs is 1. The van der Waals surface area contributed by atoms with E-state index in [4.69, 9.17) is 0 Å². The number of rotatable bonds is 7. The highest BCUT2D eigenvalue weighted by molar-refractivity contribution is 7.98. The highest BCUT2D eigenvalue weighted by Gasteiger charge is 2.23. The lowest BCUT2D eigenvalue weighted by Crippen LogP contribution is -2.29. The van der Waals surface area contributed by atoms with Crippen molar-refractivity contribution in [3.8, 4) is 0 Å². The lowest BCUT2D eigenvalue weighted by molar-refractivity contribution is -0.385. The Morgan fingerprint density at radius 1 is 1.10 bits per heavy atom. The van der Waals surface area contributed by atoms with E-state index in [1.165, 1.54) is 17.8 Å². The quantitative estimate of drug-likeness (QED) is 0.234. The van der Waals surface area contributed by atoms with E-state index in [0.717, 1.165) is 26.9 Å². The summed E-state index contributed by atoms with van der Waals surface area (Å²) in [5, 5.41) is 15.4. The number of nitrogens with zero attached hydrogens (tertiary/aromatic N) is 1. The molecule has 6 nitrogen and oxygen atoms in total. The number of amides is 1. The van der Waals surface area contributed by atoms with Crippen molar-refractivity contribution in [3.63, 3.8) is 0 Å². The van der Waals surface area contributed by atoms with E-state index in [2.05, 4.69) is 10.3 Å². The molecule has 4 rings (SSSR count). The van der Waals surface area contributed by atoms with Crippen LogP contribution in [0.4, 0.5) is 5.69 Å². The van der Waals surface area contributed by atoms with Crippen LogP contribution >= 0.6 is 11.8 Å². The fraction of sp³-hybridized carbons (Fsp3) is 0.125. The average Bonchev–Trinajstić information content (AvgIpc) is 3.23. The molecule has 3 aromatic carbocycles. The summed E-state index contributed by atoms with van der Waals surface area (Å²) in [6.07, 6.45) is 3.83. The predicted molar refractivity (Wildman–Crippen MR) is 124 cm³/mol. The third kappa shape index (κ3) is 4.32. The Morgan fingerprint density at radius 2 is 1.84 bits per heavy atom. The molecule has 0 fully saturated rings. The summed E-state index contributed by atoms with van der Waals surface area (Å²) < 4.78 is 0. The van der Waals surface area contributed by atoms with E-state index < -0.39 is 10.8 Å². The third-order valence-corrected chi connectivity index (χ3v) is 6.04. The largest absolute Gasteiger partial charge is 0.361 e. The second kappa shape index (κ2) is 9.06. The van der Waals surface area contributed by atoms with Crippen LogP contribution in [0.5, 0.6) is 0 Å². The van der Waals surface area contributed by atoms with Gasteiger partial charge in [-0.2, -0.15) is 0 Å². The first-order valence-corrected chi connectivity index (χ1v) is 11.0. The molecule has 156 valence electrons. The summed E-state index contributed by atoms with van der Waals surface area (Å²) in [4.78, 5) is 28.0. The first-order valence-electron chi connectivity index (χ1n) is 9.80. The van der Waals surface area contributed by atoms with Gasteiger partial charge in [-0.05, 0) is 35.6 Å². The summed E-state index contributed by atoms with van der Waals surface area (Å²) in [5.41, 5.74) is 3.02. The first-order chi connectivity index (χ1) is 15.1. The van der Waals surface area contributed by atoms with Crippen molar-refractivity contribution in [2.24, 2.45) is 0 Å². The van der Waals surface area contributed by atoms with Gasteiger partial charge >= 0.3 is 0 Å². The standard InChI is InChI=1S/C24H21N3O3S/c1-31-17-11-12-23(27(29)30)19(13-17)24(28)26-14-20(16-7-3-2-4-8-16)21-15-25-22-10-6-5-9-18(21)22/h2-13,15,20,25H,14H2,1H3,(H,26,28). The van der Waals surface area contributed by atoms with Crippen LogP contribution in [-0.2, 0) is 0 Å². The zero-order valence-corrected chi connectivity index (χ0v) is 17.7. The number of nitro groups is 1. The Labute approximate surface area is 183 Å². The Kier molecular flexibility index (Phi) is 6.04. The number of para-hydroxylation sites is 1. The summed E-state index contributed by atoms with van der Waals surface area (Å²) in [6, 6.07) is 22.5. The predicted octanol–water partition coefficient (Wildman–Crippen LogP) is 5.36. The maximum absolute atomic E-state index is 13.0. The number of H-pyrrole nitrogens is 1. The molecule has 1 aromatic heterocycles. The molecule has 0 spiro atoms. The Bertz CT molecular complexity index is 1240. The van der Waals surface area contributed by atoms with Crippen LogP contribution in [-0.4, -0.2) is 28.6 Å². The van der Waals surface area contributed by atoms with Crippen molar-refractivity contribution in [1.29, 1.82) is 0 Å². The SMILES string of the molecule is CSc1ccc([N+](=O)[O-])c(C(=O)NCC(c2ccccc2)c2c[nH]c3ccccc23)c1.